The molecule has 15 heavy (non-hydrogen) atoms. The van der Waals surface area contributed by atoms with Crippen LogP contribution >= 0.6 is 15.9 Å². The molecule has 0 bridgehead atoms. The Morgan fingerprint density at radius 1 is 1.47 bits per heavy atom. The summed E-state index contributed by atoms with van der Waals surface area (Å²) in [5, 5.41) is 8.67. The summed E-state index contributed by atoms with van der Waals surface area (Å²) in [5.74, 6) is -1.16. The molecule has 1 aromatic rings. The van der Waals surface area contributed by atoms with E-state index in [-0.39, 0.29) is 5.75 Å². The van der Waals surface area contributed by atoms with E-state index in [1.54, 1.807) is 0 Å². The predicted octanol–water partition coefficient (Wildman–Crippen LogP) is 2.81. The highest BCUT2D eigenvalue weighted by Crippen LogP contribution is 2.26. The Bertz CT molecular complexity index is 357. The maximum atomic E-state index is 11.9. The van der Waals surface area contributed by atoms with Crippen LogP contribution in [0.4, 0.5) is 8.78 Å². The van der Waals surface area contributed by atoms with Gasteiger partial charge in [0.15, 0.2) is 0 Å². The Hall–Kier alpha value is -1.17. The van der Waals surface area contributed by atoms with Gasteiger partial charge in [0.2, 0.25) is 0 Å². The van der Waals surface area contributed by atoms with E-state index in [9.17, 15) is 13.6 Å². The lowest BCUT2D eigenvalue weighted by Gasteiger charge is -2.08. The van der Waals surface area contributed by atoms with Crippen molar-refractivity contribution in [2.24, 2.45) is 0 Å². The van der Waals surface area contributed by atoms with Crippen LogP contribution < -0.4 is 4.74 Å². The molecule has 0 fully saturated rings. The number of benzene rings is 1. The molecule has 1 rings (SSSR count). The van der Waals surface area contributed by atoms with E-state index in [1.807, 2.05) is 0 Å². The van der Waals surface area contributed by atoms with Crippen molar-refractivity contribution < 1.29 is 23.4 Å². The summed E-state index contributed by atoms with van der Waals surface area (Å²) >= 11 is 2.91. The molecule has 0 spiro atoms. The second kappa shape index (κ2) is 5.06. The molecule has 0 aliphatic carbocycles. The predicted molar refractivity (Wildman–Crippen MR) is 52.4 cm³/mol. The average Bonchev–Trinajstić information content (AvgIpc) is 2.16. The van der Waals surface area contributed by atoms with Crippen LogP contribution in [0.25, 0.3) is 0 Å². The van der Waals surface area contributed by atoms with Crippen LogP contribution in [-0.2, 0) is 4.79 Å². The van der Waals surface area contributed by atoms with Crippen LogP contribution in [0.3, 0.4) is 0 Å². The largest absolute Gasteiger partial charge is 0.480 e. The van der Waals surface area contributed by atoms with E-state index in [2.05, 4.69) is 20.7 Å². The monoisotopic (exact) mass is 280 g/mol. The molecule has 0 saturated carbocycles. The van der Waals surface area contributed by atoms with Gasteiger partial charge in [-0.15, -0.1) is 0 Å². The summed E-state index contributed by atoms with van der Waals surface area (Å²) in [6.45, 7) is -2.92. The topological polar surface area (TPSA) is 46.5 Å². The smallest absolute Gasteiger partial charge is 0.387 e. The third-order valence-corrected chi connectivity index (χ3v) is 2.51. The summed E-state index contributed by atoms with van der Waals surface area (Å²) < 4.78 is 27.9. The molecule has 0 amide bonds. The fraction of sp³-hybridized carbons (Fsp3) is 0.222. The van der Waals surface area contributed by atoms with Crippen LogP contribution in [0.15, 0.2) is 24.3 Å². The first-order chi connectivity index (χ1) is 7.00. The average molecular weight is 281 g/mol. The first-order valence-corrected chi connectivity index (χ1v) is 4.84. The number of ether oxygens (including phenoxy) is 1. The number of alkyl halides is 3. The van der Waals surface area contributed by atoms with E-state index in [0.717, 1.165) is 0 Å². The first kappa shape index (κ1) is 11.9. The van der Waals surface area contributed by atoms with Gasteiger partial charge in [0.25, 0.3) is 0 Å². The number of carboxylic acids is 1. The number of carboxylic acid groups (broad SMARTS) is 1. The van der Waals surface area contributed by atoms with Crippen molar-refractivity contribution in [1.29, 1.82) is 0 Å². The fourth-order valence-electron chi connectivity index (χ4n) is 0.991. The molecule has 0 heterocycles. The number of halogens is 3. The van der Waals surface area contributed by atoms with E-state index in [1.165, 1.54) is 24.3 Å². The zero-order valence-electron chi connectivity index (χ0n) is 7.36. The van der Waals surface area contributed by atoms with Gasteiger partial charge in [-0.25, -0.2) is 0 Å². The zero-order valence-corrected chi connectivity index (χ0v) is 8.95. The van der Waals surface area contributed by atoms with Gasteiger partial charge in [-0.05, 0) is 17.7 Å². The molecular weight excluding hydrogens is 274 g/mol. The summed E-state index contributed by atoms with van der Waals surface area (Å²) in [6, 6.07) is 5.53. The molecular formula is C9H7BrF2O3. The standard InChI is InChI=1S/C9H7BrF2O3/c10-7(8(13)14)5-2-1-3-6(4-5)15-9(11)12/h1-4,7,9H,(H,13,14). The van der Waals surface area contributed by atoms with Crippen LogP contribution in [-0.4, -0.2) is 17.7 Å². The minimum absolute atomic E-state index is 0.0619. The second-order valence-electron chi connectivity index (χ2n) is 2.65. The van der Waals surface area contributed by atoms with Gasteiger partial charge in [0, 0.05) is 0 Å². The Labute approximate surface area is 92.8 Å². The molecule has 0 aliphatic heterocycles. The normalized spacial score (nSPS) is 12.5. The zero-order chi connectivity index (χ0) is 11.4. The molecule has 1 unspecified atom stereocenters. The van der Waals surface area contributed by atoms with Crippen molar-refractivity contribution in [3.8, 4) is 5.75 Å². The van der Waals surface area contributed by atoms with Gasteiger partial charge in [-0.2, -0.15) is 8.78 Å². The molecule has 0 aromatic heterocycles. The molecule has 3 nitrogen and oxygen atoms in total. The fourth-order valence-corrected chi connectivity index (χ4v) is 1.28. The van der Waals surface area contributed by atoms with Crippen LogP contribution in [0.2, 0.25) is 0 Å². The second-order valence-corrected chi connectivity index (χ2v) is 3.57. The van der Waals surface area contributed by atoms with Crippen molar-refractivity contribution >= 4 is 21.9 Å². The Balaban J connectivity index is 2.87. The van der Waals surface area contributed by atoms with Gasteiger partial charge < -0.3 is 9.84 Å². The maximum absolute atomic E-state index is 11.9. The summed E-state index contributed by atoms with van der Waals surface area (Å²) in [4.78, 5) is 9.67. The third kappa shape index (κ3) is 3.47. The SMILES string of the molecule is O=C(O)C(Br)c1cccc(OC(F)F)c1. The van der Waals surface area contributed by atoms with Crippen molar-refractivity contribution in [3.63, 3.8) is 0 Å². The summed E-state index contributed by atoms with van der Waals surface area (Å²) in [7, 11) is 0. The minimum atomic E-state index is -2.92. The van der Waals surface area contributed by atoms with E-state index >= 15 is 0 Å². The van der Waals surface area contributed by atoms with E-state index in [4.69, 9.17) is 5.11 Å². The Morgan fingerprint density at radius 3 is 2.67 bits per heavy atom. The lowest BCUT2D eigenvalue weighted by molar-refractivity contribution is -0.136. The third-order valence-electron chi connectivity index (χ3n) is 1.59. The van der Waals surface area contributed by atoms with Gasteiger partial charge in [0.05, 0.1) is 0 Å². The highest BCUT2D eigenvalue weighted by Gasteiger charge is 2.16. The number of hydrogen-bond donors (Lipinski definition) is 1. The Morgan fingerprint density at radius 2 is 2.13 bits per heavy atom. The number of carbonyl (C=O) groups is 1. The van der Waals surface area contributed by atoms with Crippen LogP contribution in [0.5, 0.6) is 5.75 Å². The van der Waals surface area contributed by atoms with Crippen molar-refractivity contribution in [3.05, 3.63) is 29.8 Å². The van der Waals surface area contributed by atoms with E-state index in [0.29, 0.717) is 5.56 Å². The van der Waals surface area contributed by atoms with Crippen molar-refractivity contribution in [2.75, 3.05) is 0 Å². The maximum Gasteiger partial charge on any atom is 0.387 e. The number of rotatable bonds is 4. The van der Waals surface area contributed by atoms with Gasteiger partial charge in [-0.3, -0.25) is 4.79 Å². The van der Waals surface area contributed by atoms with Crippen LogP contribution in [0.1, 0.15) is 10.4 Å². The van der Waals surface area contributed by atoms with E-state index < -0.39 is 17.4 Å². The van der Waals surface area contributed by atoms with Crippen LogP contribution in [0, 0.1) is 0 Å². The molecule has 0 aliphatic rings. The molecule has 0 radical (unpaired) electrons. The van der Waals surface area contributed by atoms with Crippen molar-refractivity contribution in [2.45, 2.75) is 11.4 Å². The quantitative estimate of drug-likeness (QED) is 0.863. The molecule has 1 aromatic carbocycles. The summed E-state index contributed by atoms with van der Waals surface area (Å²) in [5.41, 5.74) is 0.348. The highest BCUT2D eigenvalue weighted by atomic mass is 79.9. The Kier molecular flexibility index (Phi) is 4.02. The molecule has 6 heteroatoms. The molecule has 0 saturated heterocycles. The minimum Gasteiger partial charge on any atom is -0.480 e. The molecule has 1 N–H and O–H groups in total. The first-order valence-electron chi connectivity index (χ1n) is 3.92. The lowest BCUT2D eigenvalue weighted by atomic mass is 10.1. The van der Waals surface area contributed by atoms with Gasteiger partial charge in [-0.1, -0.05) is 28.1 Å². The highest BCUT2D eigenvalue weighted by molar-refractivity contribution is 9.09. The van der Waals surface area contributed by atoms with Gasteiger partial charge >= 0.3 is 12.6 Å². The van der Waals surface area contributed by atoms with Crippen molar-refractivity contribution in [1.82, 2.24) is 0 Å². The number of hydrogen-bond acceptors (Lipinski definition) is 2. The summed E-state index contributed by atoms with van der Waals surface area (Å²) in [6.07, 6.45) is 0. The molecule has 1 atom stereocenters. The lowest BCUT2D eigenvalue weighted by Crippen LogP contribution is -2.06. The molecule has 82 valence electrons. The van der Waals surface area contributed by atoms with Gasteiger partial charge in [0.1, 0.15) is 10.6 Å². The number of aliphatic carboxylic acids is 1.